The Kier molecular flexibility index (Phi) is 6.00. The number of nitrogens with one attached hydrogen (secondary N) is 1. The number of amides is 1. The lowest BCUT2D eigenvalue weighted by molar-refractivity contribution is -0.114. The van der Waals surface area contributed by atoms with Gasteiger partial charge in [0.2, 0.25) is 5.91 Å². The molecule has 0 radical (unpaired) electrons. The highest BCUT2D eigenvalue weighted by atomic mass is 16.5. The molecule has 0 unspecified atom stereocenters. The zero-order valence-corrected chi connectivity index (χ0v) is 14.8. The summed E-state index contributed by atoms with van der Waals surface area (Å²) in [5.41, 5.74) is 1.82. The molecule has 0 bridgehead atoms. The van der Waals surface area contributed by atoms with E-state index in [2.05, 4.69) is 5.32 Å². The van der Waals surface area contributed by atoms with E-state index < -0.39 is 0 Å². The summed E-state index contributed by atoms with van der Waals surface area (Å²) in [4.78, 5) is 25.7. The molecule has 0 atom stereocenters. The Bertz CT molecular complexity index is 774. The second-order valence-electron chi connectivity index (χ2n) is 5.55. The number of benzene rings is 2. The molecule has 0 aliphatic carbocycles. The zero-order valence-electron chi connectivity index (χ0n) is 14.8. The Labute approximate surface area is 147 Å². The number of likely N-dealkylation sites (N-methyl/N-ethyl adjacent to an activating group) is 1. The lowest BCUT2D eigenvalue weighted by Gasteiger charge is -2.20. The van der Waals surface area contributed by atoms with Gasteiger partial charge in [-0.15, -0.1) is 0 Å². The number of carbonyl (C=O) groups is 2. The van der Waals surface area contributed by atoms with E-state index in [1.54, 1.807) is 62.6 Å². The number of carbonyl (C=O) groups excluding carboxylic acids is 2. The van der Waals surface area contributed by atoms with E-state index in [1.807, 2.05) is 6.07 Å². The molecule has 25 heavy (non-hydrogen) atoms. The fraction of sp³-hybridized carbons (Fsp3) is 0.263. The summed E-state index contributed by atoms with van der Waals surface area (Å²) in [5.74, 6) is 0.906. The van der Waals surface area contributed by atoms with Crippen LogP contribution in [-0.2, 0) is 4.79 Å². The first kappa shape index (κ1) is 18.3. The number of ether oxygens (including phenoxy) is 2. The molecule has 2 rings (SSSR count). The highest BCUT2D eigenvalue weighted by Gasteiger charge is 2.13. The van der Waals surface area contributed by atoms with Crippen molar-refractivity contribution in [2.24, 2.45) is 0 Å². The van der Waals surface area contributed by atoms with Gasteiger partial charge in [0.15, 0.2) is 17.3 Å². The van der Waals surface area contributed by atoms with Gasteiger partial charge in [-0.1, -0.05) is 12.1 Å². The van der Waals surface area contributed by atoms with Crippen molar-refractivity contribution in [1.82, 2.24) is 0 Å². The quantitative estimate of drug-likeness (QED) is 0.784. The van der Waals surface area contributed by atoms with Gasteiger partial charge in [-0.05, 0) is 31.2 Å². The maximum Gasteiger partial charge on any atom is 0.243 e. The largest absolute Gasteiger partial charge is 0.493 e. The predicted octanol–water partition coefficient (Wildman–Crippen LogP) is 2.98. The number of hydrogen-bond donors (Lipinski definition) is 1. The summed E-state index contributed by atoms with van der Waals surface area (Å²) >= 11 is 0. The van der Waals surface area contributed by atoms with Crippen LogP contribution in [0, 0.1) is 0 Å². The second kappa shape index (κ2) is 8.19. The number of nitrogens with zero attached hydrogens (tertiary/aromatic N) is 1. The smallest absolute Gasteiger partial charge is 0.243 e. The van der Waals surface area contributed by atoms with Crippen LogP contribution in [-0.4, -0.2) is 39.5 Å². The molecule has 6 nitrogen and oxygen atoms in total. The third kappa shape index (κ3) is 4.50. The summed E-state index contributed by atoms with van der Waals surface area (Å²) < 4.78 is 10.5. The molecule has 6 heteroatoms. The Balaban J connectivity index is 2.09. The summed E-state index contributed by atoms with van der Waals surface area (Å²) in [7, 11) is 4.94. The molecule has 0 fully saturated rings. The van der Waals surface area contributed by atoms with Crippen LogP contribution in [0.25, 0.3) is 0 Å². The van der Waals surface area contributed by atoms with E-state index in [0.717, 1.165) is 5.69 Å². The first-order valence-electron chi connectivity index (χ1n) is 7.79. The van der Waals surface area contributed by atoms with Crippen molar-refractivity contribution in [3.05, 3.63) is 48.0 Å². The molecular formula is C19H22N2O4. The van der Waals surface area contributed by atoms with Gasteiger partial charge < -0.3 is 19.7 Å². The van der Waals surface area contributed by atoms with Gasteiger partial charge in [-0.3, -0.25) is 9.59 Å². The van der Waals surface area contributed by atoms with Crippen LogP contribution in [0.1, 0.15) is 17.3 Å². The van der Waals surface area contributed by atoms with Gasteiger partial charge in [0, 0.05) is 24.4 Å². The molecule has 0 aliphatic rings. The molecule has 0 aliphatic heterocycles. The maximum absolute atomic E-state index is 12.3. The van der Waals surface area contributed by atoms with Gasteiger partial charge >= 0.3 is 0 Å². The van der Waals surface area contributed by atoms with E-state index >= 15 is 0 Å². The summed E-state index contributed by atoms with van der Waals surface area (Å²) in [5, 5.41) is 2.79. The maximum atomic E-state index is 12.3. The Morgan fingerprint density at radius 1 is 1.04 bits per heavy atom. The Morgan fingerprint density at radius 2 is 1.72 bits per heavy atom. The monoisotopic (exact) mass is 342 g/mol. The molecule has 0 aromatic heterocycles. The summed E-state index contributed by atoms with van der Waals surface area (Å²) in [6.07, 6.45) is 0. The minimum atomic E-state index is -0.217. The molecular weight excluding hydrogens is 320 g/mol. The third-order valence-corrected chi connectivity index (χ3v) is 3.77. The number of methoxy groups -OCH3 is 2. The Morgan fingerprint density at radius 3 is 2.36 bits per heavy atom. The highest BCUT2D eigenvalue weighted by Crippen LogP contribution is 2.31. The average molecular weight is 342 g/mol. The summed E-state index contributed by atoms with van der Waals surface area (Å²) in [6, 6.07) is 12.4. The van der Waals surface area contributed by atoms with Crippen molar-refractivity contribution in [3.8, 4) is 11.5 Å². The molecule has 1 amide bonds. The van der Waals surface area contributed by atoms with Gasteiger partial charge in [0.1, 0.15) is 0 Å². The fourth-order valence-electron chi connectivity index (χ4n) is 2.46. The van der Waals surface area contributed by atoms with Gasteiger partial charge in [-0.25, -0.2) is 0 Å². The normalized spacial score (nSPS) is 10.1. The van der Waals surface area contributed by atoms with Crippen molar-refractivity contribution in [2.45, 2.75) is 6.92 Å². The fourth-order valence-corrected chi connectivity index (χ4v) is 2.46. The van der Waals surface area contributed by atoms with Crippen molar-refractivity contribution < 1.29 is 19.1 Å². The highest BCUT2D eigenvalue weighted by molar-refractivity contribution is 6.04. The molecule has 0 saturated heterocycles. The van der Waals surface area contributed by atoms with Crippen LogP contribution in [0.5, 0.6) is 11.5 Å². The van der Waals surface area contributed by atoms with E-state index in [9.17, 15) is 9.59 Å². The first-order chi connectivity index (χ1) is 12.0. The minimum absolute atomic E-state index is 0.0934. The lowest BCUT2D eigenvalue weighted by Crippen LogP contribution is -2.30. The van der Waals surface area contributed by atoms with E-state index in [-0.39, 0.29) is 18.2 Å². The molecule has 2 aromatic rings. The van der Waals surface area contributed by atoms with E-state index in [1.165, 1.54) is 6.92 Å². The van der Waals surface area contributed by atoms with Crippen molar-refractivity contribution in [3.63, 3.8) is 0 Å². The van der Waals surface area contributed by atoms with Gasteiger partial charge in [0.25, 0.3) is 0 Å². The van der Waals surface area contributed by atoms with Crippen LogP contribution < -0.4 is 19.7 Å². The number of para-hydroxylation sites is 1. The molecule has 1 N–H and O–H groups in total. The van der Waals surface area contributed by atoms with Gasteiger partial charge in [-0.2, -0.15) is 0 Å². The average Bonchev–Trinajstić information content (AvgIpc) is 2.61. The molecule has 132 valence electrons. The third-order valence-electron chi connectivity index (χ3n) is 3.77. The van der Waals surface area contributed by atoms with E-state index in [0.29, 0.717) is 22.7 Å². The van der Waals surface area contributed by atoms with Gasteiger partial charge in [0.05, 0.1) is 26.5 Å². The van der Waals surface area contributed by atoms with Crippen LogP contribution >= 0.6 is 0 Å². The van der Waals surface area contributed by atoms with Crippen molar-refractivity contribution in [2.75, 3.05) is 38.0 Å². The predicted molar refractivity (Wildman–Crippen MR) is 97.9 cm³/mol. The van der Waals surface area contributed by atoms with Crippen LogP contribution in [0.15, 0.2) is 42.5 Å². The van der Waals surface area contributed by atoms with Crippen LogP contribution in [0.2, 0.25) is 0 Å². The number of ketones is 1. The molecule has 2 aromatic carbocycles. The molecule has 0 spiro atoms. The number of rotatable bonds is 7. The Hall–Kier alpha value is -3.02. The number of hydrogen-bond acceptors (Lipinski definition) is 5. The second-order valence-corrected chi connectivity index (χ2v) is 5.55. The zero-order chi connectivity index (χ0) is 18.4. The standard InChI is InChI=1S/C19H22N2O4/c1-13(22)15-7-5-6-8-16(15)20-19(23)12-21(2)14-9-10-17(24-3)18(11-14)25-4/h5-11H,12H2,1-4H3,(H,20,23). The first-order valence-corrected chi connectivity index (χ1v) is 7.79. The van der Waals surface area contributed by atoms with Crippen molar-refractivity contribution >= 4 is 23.1 Å². The molecule has 0 heterocycles. The van der Waals surface area contributed by atoms with E-state index in [4.69, 9.17) is 9.47 Å². The minimum Gasteiger partial charge on any atom is -0.493 e. The molecule has 0 saturated carbocycles. The van der Waals surface area contributed by atoms with Crippen LogP contribution in [0.3, 0.4) is 0 Å². The SMILES string of the molecule is COc1ccc(N(C)CC(=O)Nc2ccccc2C(C)=O)cc1OC. The summed E-state index contributed by atoms with van der Waals surface area (Å²) in [6.45, 7) is 1.60. The number of anilines is 2. The topological polar surface area (TPSA) is 67.9 Å². The number of Topliss-reactive ketones (excluding diaryl/α,β-unsaturated/α-hetero) is 1. The van der Waals surface area contributed by atoms with Crippen molar-refractivity contribution in [1.29, 1.82) is 0 Å². The lowest BCUT2D eigenvalue weighted by atomic mass is 10.1. The van der Waals surface area contributed by atoms with Crippen LogP contribution in [0.4, 0.5) is 11.4 Å².